The van der Waals surface area contributed by atoms with Crippen LogP contribution in [0.15, 0.2) is 58.9 Å². The van der Waals surface area contributed by atoms with Gasteiger partial charge in [-0.3, -0.25) is 14.3 Å². The second-order valence-electron chi connectivity index (χ2n) is 7.55. The van der Waals surface area contributed by atoms with Gasteiger partial charge in [-0.15, -0.1) is 11.3 Å². The number of piperazine rings is 1. The number of benzene rings is 2. The molecule has 0 aliphatic carbocycles. The quantitative estimate of drug-likeness (QED) is 0.468. The fraction of sp³-hybridized carbons (Fsp3) is 0.227. The Morgan fingerprint density at radius 2 is 1.94 bits per heavy atom. The molecule has 1 aliphatic heterocycles. The highest BCUT2D eigenvalue weighted by molar-refractivity contribution is 7.93. The maximum Gasteiger partial charge on any atom is 0.263 e. The van der Waals surface area contributed by atoms with Crippen molar-refractivity contribution in [3.63, 3.8) is 0 Å². The summed E-state index contributed by atoms with van der Waals surface area (Å²) in [6.07, 6.45) is 0.626. The number of halogens is 2. The maximum atomic E-state index is 12.8. The van der Waals surface area contributed by atoms with E-state index in [1.54, 1.807) is 42.6 Å². The average Bonchev–Trinajstić information content (AvgIpc) is 3.34. The molecule has 1 aromatic heterocycles. The Hall–Kier alpha value is -2.86. The first-order valence-corrected chi connectivity index (χ1v) is 13.5. The van der Waals surface area contributed by atoms with Gasteiger partial charge in [0.2, 0.25) is 5.91 Å². The van der Waals surface area contributed by atoms with Crippen LogP contribution in [0.1, 0.15) is 8.35 Å². The van der Waals surface area contributed by atoms with Crippen molar-refractivity contribution in [2.75, 3.05) is 29.3 Å². The molecule has 2 aromatic carbocycles. The molecule has 1 saturated heterocycles. The molecule has 0 spiro atoms. The normalized spacial score (nSPS) is 15.1. The maximum absolute atomic E-state index is 12.8. The lowest BCUT2D eigenvalue weighted by Gasteiger charge is -2.35. The second kappa shape index (κ2) is 10.4. The van der Waals surface area contributed by atoms with Crippen LogP contribution in [-0.2, 0) is 19.6 Å². The van der Waals surface area contributed by atoms with E-state index in [0.717, 1.165) is 0 Å². The van der Waals surface area contributed by atoms with Crippen molar-refractivity contribution in [3.8, 4) is 5.75 Å². The van der Waals surface area contributed by atoms with E-state index in [1.807, 2.05) is 0 Å². The summed E-state index contributed by atoms with van der Waals surface area (Å²) in [5, 5.41) is 2.45. The Morgan fingerprint density at radius 1 is 1.20 bits per heavy atom. The van der Waals surface area contributed by atoms with Crippen molar-refractivity contribution in [3.05, 3.63) is 64.1 Å². The van der Waals surface area contributed by atoms with Crippen LogP contribution in [0.4, 0.5) is 10.8 Å². The molecule has 35 heavy (non-hydrogen) atoms. The number of carbonyl (C=O) groups excluding carboxylic acids is 2. The molecule has 1 aliphatic rings. The fourth-order valence-electron chi connectivity index (χ4n) is 3.46. The first-order chi connectivity index (χ1) is 16.7. The van der Waals surface area contributed by atoms with Gasteiger partial charge in [-0.25, -0.2) is 13.4 Å². The minimum Gasteiger partial charge on any atom is -0.479 e. The first kappa shape index (κ1) is 25.2. The van der Waals surface area contributed by atoms with Gasteiger partial charge >= 0.3 is 0 Å². The molecule has 186 valence electrons. The number of carbonyl (C=O) groups is 2. The standard InChI is InChI=1S/C22H20Cl2N4O5S2.H2/c1-14(33-18-4-2-3-17(23)20(18)24)21(30)27-10-11-28(19(29)13-27)15-5-7-16(8-6-15)35(31,32)26-22-25-9-12-34-22;/h2-9,12,14H,10-11,13H2,1H3,(H,25,26);1H/t14-;/m1./s1. The monoisotopic (exact) mass is 556 g/mol. The molecule has 1 N–H and O–H groups in total. The van der Waals surface area contributed by atoms with Crippen LogP contribution in [0.3, 0.4) is 0 Å². The Labute approximate surface area is 217 Å². The average molecular weight is 557 g/mol. The third-order valence-electron chi connectivity index (χ3n) is 5.21. The highest BCUT2D eigenvalue weighted by Crippen LogP contribution is 2.32. The number of sulfonamides is 1. The number of hydrogen-bond acceptors (Lipinski definition) is 7. The lowest BCUT2D eigenvalue weighted by atomic mass is 10.2. The molecule has 13 heteroatoms. The van der Waals surface area contributed by atoms with Gasteiger partial charge in [0, 0.05) is 31.8 Å². The minimum atomic E-state index is -3.80. The van der Waals surface area contributed by atoms with Crippen LogP contribution in [0.2, 0.25) is 10.0 Å². The molecule has 9 nitrogen and oxygen atoms in total. The highest BCUT2D eigenvalue weighted by Gasteiger charge is 2.31. The zero-order valence-electron chi connectivity index (χ0n) is 18.4. The Kier molecular flexibility index (Phi) is 7.50. The summed E-state index contributed by atoms with van der Waals surface area (Å²) in [6.45, 7) is 1.97. The number of aromatic nitrogens is 1. The van der Waals surface area contributed by atoms with Crippen molar-refractivity contribution < 1.29 is 24.2 Å². The zero-order chi connectivity index (χ0) is 25.2. The summed E-state index contributed by atoms with van der Waals surface area (Å²) in [6, 6.07) is 10.8. The van der Waals surface area contributed by atoms with Crippen molar-refractivity contribution in [2.45, 2.75) is 17.9 Å². The number of ether oxygens (including phenoxy) is 1. The topological polar surface area (TPSA) is 109 Å². The van der Waals surface area contributed by atoms with Crippen molar-refractivity contribution in [1.82, 2.24) is 9.88 Å². The smallest absolute Gasteiger partial charge is 0.263 e. The van der Waals surface area contributed by atoms with Crippen molar-refractivity contribution in [1.29, 1.82) is 0 Å². The molecular formula is C22H22Cl2N4O5S2. The van der Waals surface area contributed by atoms with Gasteiger partial charge in [-0.1, -0.05) is 29.3 Å². The molecule has 2 heterocycles. The summed E-state index contributed by atoms with van der Waals surface area (Å²) in [7, 11) is -3.80. The molecule has 2 amide bonds. The lowest BCUT2D eigenvalue weighted by molar-refractivity contribution is -0.142. The molecule has 0 bridgehead atoms. The number of rotatable bonds is 7. The van der Waals surface area contributed by atoms with E-state index in [9.17, 15) is 18.0 Å². The van der Waals surface area contributed by atoms with Gasteiger partial charge < -0.3 is 14.5 Å². The van der Waals surface area contributed by atoms with Gasteiger partial charge in [0.1, 0.15) is 17.3 Å². The van der Waals surface area contributed by atoms with E-state index in [2.05, 4.69) is 9.71 Å². The number of nitrogens with zero attached hydrogens (tertiary/aromatic N) is 3. The lowest BCUT2D eigenvalue weighted by Crippen LogP contribution is -2.54. The van der Waals surface area contributed by atoms with Crippen molar-refractivity contribution >= 4 is 67.2 Å². The number of amides is 2. The summed E-state index contributed by atoms with van der Waals surface area (Å²) < 4.78 is 33.1. The predicted octanol–water partition coefficient (Wildman–Crippen LogP) is 4.14. The Morgan fingerprint density at radius 3 is 2.60 bits per heavy atom. The van der Waals surface area contributed by atoms with Crippen LogP contribution in [-0.4, -0.2) is 55.9 Å². The van der Waals surface area contributed by atoms with Gasteiger partial charge in [0.25, 0.3) is 15.9 Å². The van der Waals surface area contributed by atoms with E-state index in [0.29, 0.717) is 10.7 Å². The highest BCUT2D eigenvalue weighted by atomic mass is 35.5. The largest absolute Gasteiger partial charge is 0.479 e. The molecule has 4 rings (SSSR count). The molecule has 0 unspecified atom stereocenters. The first-order valence-electron chi connectivity index (χ1n) is 10.4. The summed E-state index contributed by atoms with van der Waals surface area (Å²) in [5.41, 5.74) is 0.533. The fourth-order valence-corrected chi connectivity index (χ4v) is 5.59. The van der Waals surface area contributed by atoms with Crippen molar-refractivity contribution in [2.24, 2.45) is 0 Å². The van der Waals surface area contributed by atoms with E-state index in [4.69, 9.17) is 27.9 Å². The molecule has 3 aromatic rings. The van der Waals surface area contributed by atoms with Gasteiger partial charge in [0.15, 0.2) is 11.2 Å². The molecule has 0 saturated carbocycles. The van der Waals surface area contributed by atoms with Gasteiger partial charge in [0.05, 0.1) is 9.92 Å². The summed E-state index contributed by atoms with van der Waals surface area (Å²) in [4.78, 5) is 32.5. The van der Waals surface area contributed by atoms with E-state index in [-0.39, 0.29) is 53.7 Å². The third kappa shape index (κ3) is 5.69. The minimum absolute atomic E-state index is 0. The van der Waals surface area contributed by atoms with Crippen LogP contribution in [0, 0.1) is 0 Å². The molecule has 0 radical (unpaired) electrons. The number of thiazole rings is 1. The Bertz CT molecular complexity index is 1340. The Balaban J connectivity index is 0.00000361. The number of anilines is 2. The number of nitrogens with one attached hydrogen (secondary N) is 1. The van der Waals surface area contributed by atoms with Crippen LogP contribution in [0.5, 0.6) is 5.75 Å². The van der Waals surface area contributed by atoms with E-state index >= 15 is 0 Å². The van der Waals surface area contributed by atoms with E-state index in [1.165, 1.54) is 39.5 Å². The van der Waals surface area contributed by atoms with Crippen LogP contribution in [0.25, 0.3) is 0 Å². The van der Waals surface area contributed by atoms with Crippen LogP contribution >= 0.6 is 34.5 Å². The molecule has 1 fully saturated rings. The van der Waals surface area contributed by atoms with E-state index < -0.39 is 16.1 Å². The zero-order valence-corrected chi connectivity index (χ0v) is 21.5. The van der Waals surface area contributed by atoms with Crippen LogP contribution < -0.4 is 14.4 Å². The molecular weight excluding hydrogens is 535 g/mol. The van der Waals surface area contributed by atoms with Gasteiger partial charge in [-0.2, -0.15) is 0 Å². The number of hydrogen-bond donors (Lipinski definition) is 1. The summed E-state index contributed by atoms with van der Waals surface area (Å²) >= 11 is 13.3. The third-order valence-corrected chi connectivity index (χ3v) is 8.19. The van der Waals surface area contributed by atoms with Gasteiger partial charge in [-0.05, 0) is 43.3 Å². The molecule has 1 atom stereocenters. The SMILES string of the molecule is C[C@@H](Oc1cccc(Cl)c1Cl)C(=O)N1CCN(c2ccc(S(=O)(=O)Nc3nccs3)cc2)C(=O)C1.[HH]. The summed E-state index contributed by atoms with van der Waals surface area (Å²) in [5.74, 6) is -0.373. The second-order valence-corrected chi connectivity index (χ2v) is 10.9. The predicted molar refractivity (Wildman–Crippen MR) is 137 cm³/mol.